The van der Waals surface area contributed by atoms with E-state index in [1.54, 1.807) is 27.9 Å². The number of amides is 1. The van der Waals surface area contributed by atoms with Gasteiger partial charge in [0.15, 0.2) is 0 Å². The Morgan fingerprint density at radius 3 is 2.58 bits per heavy atom. The number of hydrogen-bond donors (Lipinski definition) is 0. The molecule has 136 valence electrons. The highest BCUT2D eigenvalue weighted by atomic mass is 35.5. The second kappa shape index (κ2) is 6.66. The lowest BCUT2D eigenvalue weighted by atomic mass is 10.2. The summed E-state index contributed by atoms with van der Waals surface area (Å²) >= 11 is 6.89. The molecule has 0 bridgehead atoms. The van der Waals surface area contributed by atoms with Crippen molar-refractivity contribution in [3.63, 3.8) is 0 Å². The smallest absolute Gasteiger partial charge is 0.257 e. The molecule has 7 nitrogen and oxygen atoms in total. The highest BCUT2D eigenvalue weighted by Crippen LogP contribution is 2.28. The minimum atomic E-state index is -3.57. The molecule has 10 heteroatoms. The van der Waals surface area contributed by atoms with E-state index in [2.05, 4.69) is 5.10 Å². The Balaban J connectivity index is 1.49. The molecule has 0 atom stereocenters. The fourth-order valence-corrected chi connectivity index (χ4v) is 6.02. The van der Waals surface area contributed by atoms with Crippen molar-refractivity contribution in [3.8, 4) is 0 Å². The molecule has 1 amide bonds. The van der Waals surface area contributed by atoms with Gasteiger partial charge in [0.25, 0.3) is 15.9 Å². The Morgan fingerprint density at radius 1 is 1.12 bits per heavy atom. The summed E-state index contributed by atoms with van der Waals surface area (Å²) in [5.41, 5.74) is 1.26. The second-order valence-corrected chi connectivity index (χ2v) is 9.72. The van der Waals surface area contributed by atoms with E-state index in [-0.39, 0.29) is 23.2 Å². The Labute approximate surface area is 159 Å². The lowest BCUT2D eigenvalue weighted by Crippen LogP contribution is -2.50. The molecular formula is C16H15ClN4O3S2. The number of piperazine rings is 1. The van der Waals surface area contributed by atoms with E-state index in [1.165, 1.54) is 10.4 Å². The average Bonchev–Trinajstić information content (AvgIpc) is 3.28. The fourth-order valence-electron chi connectivity index (χ4n) is 2.96. The quantitative estimate of drug-likeness (QED) is 0.663. The normalized spacial score (nSPS) is 16.3. The molecule has 0 radical (unpaired) electrons. The number of nitrogens with zero attached hydrogens (tertiary/aromatic N) is 4. The summed E-state index contributed by atoms with van der Waals surface area (Å²) in [5.74, 6) is -0.137. The molecule has 0 unspecified atom stereocenters. The van der Waals surface area contributed by atoms with Gasteiger partial charge in [0.1, 0.15) is 4.21 Å². The van der Waals surface area contributed by atoms with Gasteiger partial charge in [-0.3, -0.25) is 4.79 Å². The summed E-state index contributed by atoms with van der Waals surface area (Å²) in [4.78, 5) is 14.5. The van der Waals surface area contributed by atoms with Crippen LogP contribution in [-0.4, -0.2) is 59.3 Å². The van der Waals surface area contributed by atoms with Crippen LogP contribution >= 0.6 is 22.9 Å². The maximum absolute atomic E-state index is 12.8. The number of pyridine rings is 1. The second-order valence-electron chi connectivity index (χ2n) is 5.84. The molecule has 1 saturated heterocycles. The van der Waals surface area contributed by atoms with Gasteiger partial charge in [0, 0.05) is 32.4 Å². The van der Waals surface area contributed by atoms with Crippen molar-refractivity contribution in [1.82, 2.24) is 18.8 Å². The molecule has 0 N–H and O–H groups in total. The highest BCUT2D eigenvalue weighted by molar-refractivity contribution is 7.91. The molecule has 1 aliphatic heterocycles. The third kappa shape index (κ3) is 3.01. The fraction of sp³-hybridized carbons (Fsp3) is 0.250. The van der Waals surface area contributed by atoms with Gasteiger partial charge in [0.2, 0.25) is 0 Å². The first-order valence-electron chi connectivity index (χ1n) is 7.94. The summed E-state index contributed by atoms with van der Waals surface area (Å²) < 4.78 is 29.0. The summed E-state index contributed by atoms with van der Waals surface area (Å²) in [6.45, 7) is 1.17. The molecule has 0 saturated carbocycles. The molecule has 3 aromatic rings. The van der Waals surface area contributed by atoms with Crippen molar-refractivity contribution < 1.29 is 13.2 Å². The minimum absolute atomic E-state index is 0.137. The topological polar surface area (TPSA) is 75.0 Å². The predicted molar refractivity (Wildman–Crippen MR) is 99.2 cm³/mol. The maximum atomic E-state index is 12.8. The summed E-state index contributed by atoms with van der Waals surface area (Å²) in [6, 6.07) is 8.61. The van der Waals surface area contributed by atoms with Crippen LogP contribution in [0.5, 0.6) is 0 Å². The zero-order valence-electron chi connectivity index (χ0n) is 13.6. The monoisotopic (exact) mass is 410 g/mol. The first-order valence-corrected chi connectivity index (χ1v) is 10.6. The first-order chi connectivity index (χ1) is 12.5. The van der Waals surface area contributed by atoms with Gasteiger partial charge in [-0.15, -0.1) is 11.3 Å². The van der Waals surface area contributed by atoms with E-state index in [4.69, 9.17) is 11.6 Å². The maximum Gasteiger partial charge on any atom is 0.257 e. The van der Waals surface area contributed by atoms with Gasteiger partial charge >= 0.3 is 0 Å². The van der Waals surface area contributed by atoms with Crippen molar-refractivity contribution >= 4 is 44.4 Å². The Hall–Kier alpha value is -1.94. The van der Waals surface area contributed by atoms with Crippen LogP contribution in [0.2, 0.25) is 4.34 Å². The Bertz CT molecular complexity index is 1070. The third-order valence-electron chi connectivity index (χ3n) is 4.33. The van der Waals surface area contributed by atoms with Crippen LogP contribution in [0.1, 0.15) is 10.4 Å². The molecule has 26 heavy (non-hydrogen) atoms. The first kappa shape index (κ1) is 17.5. The standard InChI is InChI=1S/C16H15ClN4O3S2/c17-14-4-5-15(25-14)26(23,24)20-9-7-19(8-10-20)16(22)12-11-18-21-6-2-1-3-13(12)21/h1-6,11H,7-10H2. The lowest BCUT2D eigenvalue weighted by molar-refractivity contribution is 0.0700. The van der Waals surface area contributed by atoms with Gasteiger partial charge in [-0.25, -0.2) is 12.9 Å². The van der Waals surface area contributed by atoms with Crippen LogP contribution in [-0.2, 0) is 10.0 Å². The highest BCUT2D eigenvalue weighted by Gasteiger charge is 2.32. The third-order valence-corrected chi connectivity index (χ3v) is 7.92. The zero-order chi connectivity index (χ0) is 18.3. The Kier molecular flexibility index (Phi) is 4.47. The van der Waals surface area contributed by atoms with Gasteiger partial charge < -0.3 is 4.90 Å². The van der Waals surface area contributed by atoms with Crippen molar-refractivity contribution in [2.24, 2.45) is 0 Å². The summed E-state index contributed by atoms with van der Waals surface area (Å²) in [5, 5.41) is 4.18. The molecule has 0 aliphatic carbocycles. The Morgan fingerprint density at radius 2 is 1.88 bits per heavy atom. The van der Waals surface area contributed by atoms with Crippen LogP contribution in [0.25, 0.3) is 5.52 Å². The molecule has 4 rings (SSSR count). The number of carbonyl (C=O) groups excluding carboxylic acids is 1. The van der Waals surface area contributed by atoms with Crippen molar-refractivity contribution in [1.29, 1.82) is 0 Å². The molecule has 4 heterocycles. The largest absolute Gasteiger partial charge is 0.336 e. The molecule has 1 fully saturated rings. The number of thiophene rings is 1. The van der Waals surface area contributed by atoms with Crippen molar-refractivity contribution in [2.45, 2.75) is 4.21 Å². The van der Waals surface area contributed by atoms with E-state index in [9.17, 15) is 13.2 Å². The number of rotatable bonds is 3. The molecule has 1 aliphatic rings. The molecule has 3 aromatic heterocycles. The van der Waals surface area contributed by atoms with Crippen molar-refractivity contribution in [2.75, 3.05) is 26.2 Å². The van der Waals surface area contributed by atoms with Crippen LogP contribution in [0.4, 0.5) is 0 Å². The van der Waals surface area contributed by atoms with Gasteiger partial charge in [-0.05, 0) is 24.3 Å². The summed E-state index contributed by atoms with van der Waals surface area (Å²) in [6.07, 6.45) is 3.33. The van der Waals surface area contributed by atoms with Gasteiger partial charge in [-0.1, -0.05) is 17.7 Å². The molecule has 0 spiro atoms. The number of halogens is 1. The van der Waals surface area contributed by atoms with Crippen LogP contribution in [0, 0.1) is 0 Å². The van der Waals surface area contributed by atoms with E-state index >= 15 is 0 Å². The average molecular weight is 411 g/mol. The number of carbonyl (C=O) groups is 1. The van der Waals surface area contributed by atoms with Crippen LogP contribution in [0.15, 0.2) is 46.9 Å². The number of hydrogen-bond acceptors (Lipinski definition) is 5. The minimum Gasteiger partial charge on any atom is -0.336 e. The lowest BCUT2D eigenvalue weighted by Gasteiger charge is -2.33. The van der Waals surface area contributed by atoms with E-state index in [0.29, 0.717) is 23.0 Å². The van der Waals surface area contributed by atoms with Gasteiger partial charge in [0.05, 0.1) is 21.6 Å². The van der Waals surface area contributed by atoms with E-state index < -0.39 is 10.0 Å². The van der Waals surface area contributed by atoms with Crippen molar-refractivity contribution in [3.05, 3.63) is 52.6 Å². The van der Waals surface area contributed by atoms with E-state index in [0.717, 1.165) is 16.9 Å². The summed E-state index contributed by atoms with van der Waals surface area (Å²) in [7, 11) is -3.57. The predicted octanol–water partition coefficient (Wildman–Crippen LogP) is 2.20. The SMILES string of the molecule is O=C(c1cnn2ccccc12)N1CCN(S(=O)(=O)c2ccc(Cl)s2)CC1. The molecule has 0 aromatic carbocycles. The zero-order valence-corrected chi connectivity index (χ0v) is 16.0. The number of aromatic nitrogens is 2. The van der Waals surface area contributed by atoms with E-state index in [1.807, 2.05) is 18.2 Å². The number of sulfonamides is 1. The van der Waals surface area contributed by atoms with Crippen LogP contribution < -0.4 is 0 Å². The molecular weight excluding hydrogens is 396 g/mol. The number of fused-ring (bicyclic) bond motifs is 1. The van der Waals surface area contributed by atoms with Gasteiger partial charge in [-0.2, -0.15) is 9.40 Å². The van der Waals surface area contributed by atoms with Crippen LogP contribution in [0.3, 0.4) is 0 Å².